The second kappa shape index (κ2) is 6.48. The van der Waals surface area contributed by atoms with Crippen LogP contribution < -0.4 is 5.32 Å². The second-order valence-corrected chi connectivity index (χ2v) is 7.80. The fourth-order valence-corrected chi connectivity index (χ4v) is 4.23. The standard InChI is InChI=1S/C19H24N2O5/c1-10(16-15(23)8-13-17(16)19(13,2)3)20-14(9-22)18(24)11-4-6-12(7-5-11)21(25)26/h4-7,13-14,17-18,20,22,24H,8-9H2,1-3H3/b16-10+/t13-,14?,17-,18?/m1/s1. The second-order valence-electron chi connectivity index (χ2n) is 7.80. The molecule has 0 aromatic heterocycles. The van der Waals surface area contributed by atoms with Gasteiger partial charge in [-0.2, -0.15) is 0 Å². The minimum Gasteiger partial charge on any atom is -0.394 e. The fourth-order valence-electron chi connectivity index (χ4n) is 4.23. The third kappa shape index (κ3) is 3.01. The average molecular weight is 360 g/mol. The Morgan fingerprint density at radius 3 is 2.50 bits per heavy atom. The molecule has 7 heteroatoms. The van der Waals surface area contributed by atoms with Gasteiger partial charge in [-0.25, -0.2) is 0 Å². The molecule has 26 heavy (non-hydrogen) atoms. The number of nitro benzene ring substituents is 1. The highest BCUT2D eigenvalue weighted by molar-refractivity contribution is 6.01. The number of non-ortho nitro benzene ring substituents is 1. The molecule has 2 aliphatic rings. The first-order valence-electron chi connectivity index (χ1n) is 8.72. The zero-order valence-corrected chi connectivity index (χ0v) is 15.1. The summed E-state index contributed by atoms with van der Waals surface area (Å²) in [5.41, 5.74) is 1.98. The molecule has 4 atom stereocenters. The number of hydrogen-bond donors (Lipinski definition) is 3. The summed E-state index contributed by atoms with van der Waals surface area (Å²) < 4.78 is 0. The number of benzene rings is 1. The van der Waals surface area contributed by atoms with Crippen LogP contribution in [0, 0.1) is 27.4 Å². The van der Waals surface area contributed by atoms with E-state index >= 15 is 0 Å². The van der Waals surface area contributed by atoms with Crippen molar-refractivity contribution < 1.29 is 19.9 Å². The summed E-state index contributed by atoms with van der Waals surface area (Å²) in [5, 5.41) is 34.1. The van der Waals surface area contributed by atoms with Crippen LogP contribution in [0.15, 0.2) is 35.5 Å². The van der Waals surface area contributed by atoms with Gasteiger partial charge in [-0.1, -0.05) is 13.8 Å². The molecule has 7 nitrogen and oxygen atoms in total. The Kier molecular flexibility index (Phi) is 4.62. The van der Waals surface area contributed by atoms with Crippen LogP contribution in [0.25, 0.3) is 0 Å². The smallest absolute Gasteiger partial charge is 0.269 e. The Hall–Kier alpha value is -2.25. The molecule has 0 amide bonds. The Balaban J connectivity index is 1.77. The molecular weight excluding hydrogens is 336 g/mol. The maximum atomic E-state index is 12.3. The quantitative estimate of drug-likeness (QED) is 0.407. The van der Waals surface area contributed by atoms with Crippen molar-refractivity contribution in [1.29, 1.82) is 0 Å². The molecule has 0 spiro atoms. The van der Waals surface area contributed by atoms with Gasteiger partial charge < -0.3 is 15.5 Å². The predicted molar refractivity (Wildman–Crippen MR) is 95.2 cm³/mol. The first-order valence-corrected chi connectivity index (χ1v) is 8.72. The molecule has 0 radical (unpaired) electrons. The van der Waals surface area contributed by atoms with E-state index in [0.29, 0.717) is 23.6 Å². The van der Waals surface area contributed by atoms with Crippen LogP contribution in [0.3, 0.4) is 0 Å². The number of aliphatic hydroxyl groups excluding tert-OH is 2. The van der Waals surface area contributed by atoms with Crippen LogP contribution in [-0.2, 0) is 4.79 Å². The van der Waals surface area contributed by atoms with Gasteiger partial charge in [0.2, 0.25) is 0 Å². The molecule has 3 N–H and O–H groups in total. The summed E-state index contributed by atoms with van der Waals surface area (Å²) in [6.45, 7) is 5.76. The van der Waals surface area contributed by atoms with Crippen molar-refractivity contribution in [2.24, 2.45) is 17.3 Å². The van der Waals surface area contributed by atoms with E-state index in [2.05, 4.69) is 19.2 Å². The number of ketones is 1. The average Bonchev–Trinajstić information content (AvgIpc) is 2.94. The van der Waals surface area contributed by atoms with Crippen LogP contribution in [0.4, 0.5) is 5.69 Å². The fraction of sp³-hybridized carbons (Fsp3) is 0.526. The Morgan fingerprint density at radius 1 is 1.38 bits per heavy atom. The molecule has 0 aliphatic heterocycles. The number of hydrogen-bond acceptors (Lipinski definition) is 6. The first kappa shape index (κ1) is 18.5. The van der Waals surface area contributed by atoms with Gasteiger partial charge in [0.05, 0.1) is 17.6 Å². The number of aliphatic hydroxyl groups is 2. The number of fused-ring (bicyclic) bond motifs is 1. The SMILES string of the molecule is C/C(NC(CO)C(O)c1ccc([N+](=O)[O-])cc1)=C1/C(=O)C[C@@H]2[C@H]1C2(C)C. The summed E-state index contributed by atoms with van der Waals surface area (Å²) in [4.78, 5) is 22.5. The van der Waals surface area contributed by atoms with Crippen LogP contribution >= 0.6 is 0 Å². The third-order valence-electron chi connectivity index (χ3n) is 5.90. The van der Waals surface area contributed by atoms with E-state index < -0.39 is 17.1 Å². The van der Waals surface area contributed by atoms with Gasteiger partial charge in [-0.05, 0) is 41.9 Å². The van der Waals surface area contributed by atoms with Crippen LogP contribution in [0.1, 0.15) is 38.9 Å². The molecule has 2 aliphatic carbocycles. The number of carbonyl (C=O) groups excluding carboxylic acids is 1. The molecule has 3 rings (SSSR count). The van der Waals surface area contributed by atoms with E-state index in [1.165, 1.54) is 24.3 Å². The van der Waals surface area contributed by atoms with E-state index in [1.54, 1.807) is 6.92 Å². The van der Waals surface area contributed by atoms with Gasteiger partial charge in [0, 0.05) is 29.8 Å². The number of nitro groups is 1. The van der Waals surface area contributed by atoms with E-state index in [-0.39, 0.29) is 29.4 Å². The summed E-state index contributed by atoms with van der Waals surface area (Å²) >= 11 is 0. The third-order valence-corrected chi connectivity index (χ3v) is 5.90. The highest BCUT2D eigenvalue weighted by atomic mass is 16.6. The molecule has 0 bridgehead atoms. The van der Waals surface area contributed by atoms with Gasteiger partial charge >= 0.3 is 0 Å². The largest absolute Gasteiger partial charge is 0.394 e. The monoisotopic (exact) mass is 360 g/mol. The van der Waals surface area contributed by atoms with Crippen LogP contribution in [0.5, 0.6) is 0 Å². The molecule has 2 unspecified atom stereocenters. The van der Waals surface area contributed by atoms with Gasteiger partial charge in [0.1, 0.15) is 6.10 Å². The van der Waals surface area contributed by atoms with Gasteiger partial charge in [-0.15, -0.1) is 0 Å². The zero-order chi connectivity index (χ0) is 19.2. The lowest BCUT2D eigenvalue weighted by Gasteiger charge is -2.25. The van der Waals surface area contributed by atoms with E-state index in [9.17, 15) is 25.1 Å². The van der Waals surface area contributed by atoms with Crippen molar-refractivity contribution in [2.45, 2.75) is 39.3 Å². The lowest BCUT2D eigenvalue weighted by Crippen LogP contribution is -2.38. The highest BCUT2D eigenvalue weighted by Gasteiger charge is 2.65. The summed E-state index contributed by atoms with van der Waals surface area (Å²) in [6.07, 6.45) is -0.503. The summed E-state index contributed by atoms with van der Waals surface area (Å²) in [5.74, 6) is 0.748. The normalized spacial score (nSPS) is 27.5. The summed E-state index contributed by atoms with van der Waals surface area (Å²) in [7, 11) is 0. The van der Waals surface area contributed by atoms with E-state index in [4.69, 9.17) is 0 Å². The highest BCUT2D eigenvalue weighted by Crippen LogP contribution is 2.68. The van der Waals surface area contributed by atoms with Gasteiger partial charge in [0.15, 0.2) is 5.78 Å². The van der Waals surface area contributed by atoms with Crippen molar-refractivity contribution in [2.75, 3.05) is 6.61 Å². The molecule has 1 aromatic rings. The molecule has 2 fully saturated rings. The Morgan fingerprint density at radius 2 is 2.00 bits per heavy atom. The zero-order valence-electron chi connectivity index (χ0n) is 15.1. The van der Waals surface area contributed by atoms with E-state index in [0.717, 1.165) is 5.57 Å². The molecular formula is C19H24N2O5. The maximum absolute atomic E-state index is 12.3. The lowest BCUT2D eigenvalue weighted by molar-refractivity contribution is -0.384. The van der Waals surface area contributed by atoms with Crippen molar-refractivity contribution in [3.8, 4) is 0 Å². The van der Waals surface area contributed by atoms with Gasteiger partial charge in [-0.3, -0.25) is 14.9 Å². The number of allylic oxidation sites excluding steroid dienone is 2. The van der Waals surface area contributed by atoms with E-state index in [1.807, 2.05) is 0 Å². The molecule has 140 valence electrons. The molecule has 2 saturated carbocycles. The predicted octanol–water partition coefficient (Wildman–Crippen LogP) is 2.10. The van der Waals surface area contributed by atoms with Gasteiger partial charge in [0.25, 0.3) is 5.69 Å². The topological polar surface area (TPSA) is 113 Å². The Labute approximate surface area is 151 Å². The van der Waals surface area contributed by atoms with Crippen molar-refractivity contribution in [3.63, 3.8) is 0 Å². The number of nitrogens with zero attached hydrogens (tertiary/aromatic N) is 1. The number of nitrogens with one attached hydrogen (secondary N) is 1. The maximum Gasteiger partial charge on any atom is 0.269 e. The molecule has 0 saturated heterocycles. The number of Topliss-reactive ketones (excluding diaryl/α,β-unsaturated/α-hetero) is 1. The minimum atomic E-state index is -1.06. The lowest BCUT2D eigenvalue weighted by atomic mass is 9.94. The first-order chi connectivity index (χ1) is 12.2. The van der Waals surface area contributed by atoms with Crippen LogP contribution in [-0.4, -0.2) is 33.6 Å². The molecule has 0 heterocycles. The van der Waals surface area contributed by atoms with Crippen LogP contribution in [0.2, 0.25) is 0 Å². The summed E-state index contributed by atoms with van der Waals surface area (Å²) in [6, 6.07) is 4.86. The van der Waals surface area contributed by atoms with Crippen molar-refractivity contribution >= 4 is 11.5 Å². The minimum absolute atomic E-state index is 0.0636. The van der Waals surface area contributed by atoms with Crippen molar-refractivity contribution in [3.05, 3.63) is 51.2 Å². The Bertz CT molecular complexity index is 769. The number of rotatable bonds is 6. The molecule has 1 aromatic carbocycles. The van der Waals surface area contributed by atoms with Crippen molar-refractivity contribution in [1.82, 2.24) is 5.32 Å². The number of carbonyl (C=O) groups is 1.